The van der Waals surface area contributed by atoms with E-state index in [0.29, 0.717) is 5.75 Å². The molecule has 22 heavy (non-hydrogen) atoms. The first-order valence-electron chi connectivity index (χ1n) is 7.22. The Morgan fingerprint density at radius 3 is 2.14 bits per heavy atom. The van der Waals surface area contributed by atoms with Gasteiger partial charge in [0.2, 0.25) is 0 Å². The number of hydrogen-bond donors (Lipinski definition) is 1. The van der Waals surface area contributed by atoms with E-state index in [4.69, 9.17) is 19.8 Å². The molecule has 1 aromatic rings. The maximum atomic E-state index is 10.4. The quantitative estimate of drug-likeness (QED) is 0.658. The van der Waals surface area contributed by atoms with Crippen molar-refractivity contribution in [2.75, 3.05) is 13.2 Å². The summed E-state index contributed by atoms with van der Waals surface area (Å²) in [5.74, 6) is 0.674. The molecule has 1 heterocycles. The van der Waals surface area contributed by atoms with E-state index in [2.05, 4.69) is 4.74 Å². The molecule has 1 fully saturated rings. The molecule has 1 saturated heterocycles. The Bertz CT molecular complexity index is 513. The highest BCUT2D eigenvalue weighted by Gasteiger charge is 2.51. The van der Waals surface area contributed by atoms with E-state index in [1.165, 1.54) is 0 Å². The molecule has 0 aliphatic carbocycles. The van der Waals surface area contributed by atoms with Crippen LogP contribution in [-0.2, 0) is 14.0 Å². The molecular formula is C15H22BNO5. The molecule has 7 heteroatoms. The van der Waals surface area contributed by atoms with Crippen molar-refractivity contribution in [2.24, 2.45) is 5.73 Å². The van der Waals surface area contributed by atoms with Crippen molar-refractivity contribution >= 4 is 18.7 Å². The van der Waals surface area contributed by atoms with Gasteiger partial charge in [0, 0.05) is 0 Å². The molecular weight excluding hydrogens is 285 g/mol. The molecule has 2 rings (SSSR count). The fraction of sp³-hybridized carbons (Fsp3) is 0.533. The average molecular weight is 307 g/mol. The largest absolute Gasteiger partial charge is 0.494 e. The van der Waals surface area contributed by atoms with E-state index in [-0.39, 0.29) is 24.4 Å². The van der Waals surface area contributed by atoms with Gasteiger partial charge >= 0.3 is 13.2 Å². The van der Waals surface area contributed by atoms with Crippen LogP contribution in [0.25, 0.3) is 0 Å². The summed E-state index contributed by atoms with van der Waals surface area (Å²) in [5, 5.41) is 0. The number of carbonyl (C=O) groups is 1. The number of carbonyl (C=O) groups excluding carboxylic acids is 1. The molecule has 0 aromatic heterocycles. The molecule has 0 spiro atoms. The first-order chi connectivity index (χ1) is 10.2. The van der Waals surface area contributed by atoms with E-state index in [0.717, 1.165) is 5.46 Å². The zero-order valence-electron chi connectivity index (χ0n) is 13.4. The number of amides is 1. The Morgan fingerprint density at radius 2 is 1.64 bits per heavy atom. The van der Waals surface area contributed by atoms with Gasteiger partial charge < -0.3 is 24.5 Å². The summed E-state index contributed by atoms with van der Waals surface area (Å²) >= 11 is 0. The maximum absolute atomic E-state index is 10.4. The van der Waals surface area contributed by atoms with E-state index in [1.54, 1.807) is 0 Å². The highest BCUT2D eigenvalue weighted by Crippen LogP contribution is 2.36. The lowest BCUT2D eigenvalue weighted by Crippen LogP contribution is -2.41. The number of benzene rings is 1. The molecule has 0 bridgehead atoms. The molecule has 2 N–H and O–H groups in total. The summed E-state index contributed by atoms with van der Waals surface area (Å²) in [6, 6.07) is 7.44. The molecule has 120 valence electrons. The summed E-state index contributed by atoms with van der Waals surface area (Å²) in [4.78, 5) is 10.4. The van der Waals surface area contributed by atoms with E-state index < -0.39 is 13.2 Å². The summed E-state index contributed by atoms with van der Waals surface area (Å²) in [7, 11) is -0.391. The minimum absolute atomic E-state index is 0.119. The Morgan fingerprint density at radius 1 is 1.09 bits per heavy atom. The maximum Gasteiger partial charge on any atom is 0.494 e. The zero-order chi connectivity index (χ0) is 16.4. The van der Waals surface area contributed by atoms with Crippen molar-refractivity contribution in [1.82, 2.24) is 0 Å². The van der Waals surface area contributed by atoms with Gasteiger partial charge in [-0.15, -0.1) is 0 Å². The van der Waals surface area contributed by atoms with Crippen LogP contribution in [0.15, 0.2) is 24.3 Å². The summed E-state index contributed by atoms with van der Waals surface area (Å²) < 4.78 is 22.0. The molecule has 0 atom stereocenters. The van der Waals surface area contributed by atoms with Crippen molar-refractivity contribution < 1.29 is 23.6 Å². The average Bonchev–Trinajstić information content (AvgIpc) is 2.64. The minimum atomic E-state index is -0.806. The van der Waals surface area contributed by atoms with Crippen molar-refractivity contribution in [3.05, 3.63) is 24.3 Å². The molecule has 6 nitrogen and oxygen atoms in total. The highest BCUT2D eigenvalue weighted by molar-refractivity contribution is 6.62. The van der Waals surface area contributed by atoms with Crippen LogP contribution in [0.2, 0.25) is 0 Å². The van der Waals surface area contributed by atoms with Crippen LogP contribution in [0, 0.1) is 0 Å². The monoisotopic (exact) mass is 307 g/mol. The van der Waals surface area contributed by atoms with Crippen LogP contribution in [-0.4, -0.2) is 37.6 Å². The Hall–Kier alpha value is -1.73. The molecule has 0 radical (unpaired) electrons. The van der Waals surface area contributed by atoms with Crippen molar-refractivity contribution in [1.29, 1.82) is 0 Å². The summed E-state index contributed by atoms with van der Waals surface area (Å²) in [5.41, 5.74) is 5.07. The third-order valence-electron chi connectivity index (χ3n) is 4.00. The number of ether oxygens (including phenoxy) is 2. The lowest BCUT2D eigenvalue weighted by molar-refractivity contribution is 0.00578. The van der Waals surface area contributed by atoms with Crippen molar-refractivity contribution in [2.45, 2.75) is 38.9 Å². The second-order valence-corrected chi connectivity index (χ2v) is 6.17. The topological polar surface area (TPSA) is 80.0 Å². The van der Waals surface area contributed by atoms with Gasteiger partial charge in [-0.05, 0) is 45.3 Å². The lowest BCUT2D eigenvalue weighted by atomic mass is 9.79. The van der Waals surface area contributed by atoms with Crippen LogP contribution in [0.5, 0.6) is 5.75 Å². The Labute approximate surface area is 131 Å². The summed E-state index contributed by atoms with van der Waals surface area (Å²) in [6.45, 7) is 8.44. The molecule has 0 unspecified atom stereocenters. The number of rotatable bonds is 5. The first kappa shape index (κ1) is 16.6. The highest BCUT2D eigenvalue weighted by atomic mass is 16.7. The fourth-order valence-electron chi connectivity index (χ4n) is 2.00. The van der Waals surface area contributed by atoms with Gasteiger partial charge in [0.15, 0.2) is 0 Å². The van der Waals surface area contributed by atoms with Gasteiger partial charge in [0.1, 0.15) is 19.0 Å². The SMILES string of the molecule is CC1(C)OB(c2ccc(OCCOC(N)=O)cc2)OC1(C)C. The predicted octanol–water partition coefficient (Wildman–Crippen LogP) is 1.46. The minimum Gasteiger partial charge on any atom is -0.490 e. The molecule has 1 aliphatic heterocycles. The van der Waals surface area contributed by atoms with Crippen LogP contribution < -0.4 is 15.9 Å². The molecule has 1 amide bonds. The number of primary amides is 1. The molecule has 1 aliphatic rings. The van der Waals surface area contributed by atoms with Gasteiger partial charge in [-0.25, -0.2) is 4.79 Å². The van der Waals surface area contributed by atoms with Crippen LogP contribution in [0.3, 0.4) is 0 Å². The molecule has 0 saturated carbocycles. The van der Waals surface area contributed by atoms with Crippen LogP contribution >= 0.6 is 0 Å². The van der Waals surface area contributed by atoms with Gasteiger partial charge in [0.05, 0.1) is 11.2 Å². The van der Waals surface area contributed by atoms with Crippen LogP contribution in [0.4, 0.5) is 4.79 Å². The third kappa shape index (κ3) is 3.72. The van der Waals surface area contributed by atoms with E-state index in [1.807, 2.05) is 52.0 Å². The Balaban J connectivity index is 1.91. The number of hydrogen-bond acceptors (Lipinski definition) is 5. The van der Waals surface area contributed by atoms with Gasteiger partial charge in [-0.3, -0.25) is 0 Å². The van der Waals surface area contributed by atoms with Gasteiger partial charge in [-0.1, -0.05) is 12.1 Å². The van der Waals surface area contributed by atoms with E-state index >= 15 is 0 Å². The van der Waals surface area contributed by atoms with Crippen LogP contribution in [0.1, 0.15) is 27.7 Å². The van der Waals surface area contributed by atoms with Gasteiger partial charge in [0.25, 0.3) is 0 Å². The van der Waals surface area contributed by atoms with Crippen molar-refractivity contribution in [3.8, 4) is 5.75 Å². The smallest absolute Gasteiger partial charge is 0.490 e. The number of nitrogens with two attached hydrogens (primary N) is 1. The second-order valence-electron chi connectivity index (χ2n) is 6.17. The predicted molar refractivity (Wildman–Crippen MR) is 83.2 cm³/mol. The van der Waals surface area contributed by atoms with Gasteiger partial charge in [-0.2, -0.15) is 0 Å². The summed E-state index contributed by atoms with van der Waals surface area (Å²) in [6.07, 6.45) is -0.806. The third-order valence-corrected chi connectivity index (χ3v) is 4.00. The molecule has 1 aromatic carbocycles. The normalized spacial score (nSPS) is 19.0. The zero-order valence-corrected chi connectivity index (χ0v) is 13.4. The Kier molecular flexibility index (Phi) is 4.67. The van der Waals surface area contributed by atoms with E-state index in [9.17, 15) is 4.79 Å². The first-order valence-corrected chi connectivity index (χ1v) is 7.22. The van der Waals surface area contributed by atoms with Crippen molar-refractivity contribution in [3.63, 3.8) is 0 Å². The second kappa shape index (κ2) is 6.18. The lowest BCUT2D eigenvalue weighted by Gasteiger charge is -2.32. The standard InChI is InChI=1S/C15H22BNO5/c1-14(2)15(3,4)22-16(21-14)11-5-7-12(8-6-11)19-9-10-20-13(17)18/h5-8H,9-10H2,1-4H3,(H2,17,18). The fourth-order valence-corrected chi connectivity index (χ4v) is 2.00.